The quantitative estimate of drug-likeness (QED) is 0.454. The lowest BCUT2D eigenvalue weighted by Gasteiger charge is -2.27. The average molecular weight is 242 g/mol. The van der Waals surface area contributed by atoms with Crippen molar-refractivity contribution >= 4 is 11.8 Å². The summed E-state index contributed by atoms with van der Waals surface area (Å²) in [5.74, 6) is -0.601. The molecule has 0 bridgehead atoms. The first-order chi connectivity index (χ1) is 8.13. The van der Waals surface area contributed by atoms with Gasteiger partial charge in [0.15, 0.2) is 0 Å². The van der Waals surface area contributed by atoms with Gasteiger partial charge in [-0.1, -0.05) is 0 Å². The lowest BCUT2D eigenvalue weighted by Crippen LogP contribution is -2.49. The van der Waals surface area contributed by atoms with Crippen LogP contribution in [0.1, 0.15) is 0 Å². The molecule has 17 heavy (non-hydrogen) atoms. The lowest BCUT2D eigenvalue weighted by molar-refractivity contribution is -0.139. The molecule has 0 radical (unpaired) electrons. The van der Waals surface area contributed by atoms with E-state index in [1.807, 2.05) is 4.90 Å². The van der Waals surface area contributed by atoms with Gasteiger partial charge in [-0.05, 0) is 6.20 Å². The van der Waals surface area contributed by atoms with Crippen molar-refractivity contribution in [2.75, 3.05) is 39.9 Å². The summed E-state index contributed by atoms with van der Waals surface area (Å²) >= 11 is 0. The Hall–Kier alpha value is -1.60. The van der Waals surface area contributed by atoms with Crippen molar-refractivity contribution < 1.29 is 14.3 Å². The van der Waals surface area contributed by atoms with Gasteiger partial charge in [-0.3, -0.25) is 24.9 Å². The van der Waals surface area contributed by atoms with Gasteiger partial charge in [0.25, 0.3) is 11.8 Å². The van der Waals surface area contributed by atoms with Crippen LogP contribution in [0.15, 0.2) is 12.3 Å². The summed E-state index contributed by atoms with van der Waals surface area (Å²) in [5.41, 5.74) is 7.45. The highest BCUT2D eigenvalue weighted by Gasteiger charge is 2.17. The number of nitrogens with zero attached hydrogens (tertiary/aromatic N) is 2. The van der Waals surface area contributed by atoms with Crippen LogP contribution in [0.4, 0.5) is 0 Å². The SMILES string of the molecule is CN(NC(=O)/C=C\N)C(=O)CN1CCOCC1. The summed E-state index contributed by atoms with van der Waals surface area (Å²) in [6.45, 7) is 3.01. The summed E-state index contributed by atoms with van der Waals surface area (Å²) in [5, 5.41) is 1.16. The van der Waals surface area contributed by atoms with Gasteiger partial charge in [0, 0.05) is 26.2 Å². The Balaban J connectivity index is 2.32. The summed E-state index contributed by atoms with van der Waals surface area (Å²) < 4.78 is 5.18. The maximum atomic E-state index is 11.7. The zero-order valence-corrected chi connectivity index (χ0v) is 9.89. The summed E-state index contributed by atoms with van der Waals surface area (Å²) in [6.07, 6.45) is 2.27. The zero-order valence-electron chi connectivity index (χ0n) is 9.89. The van der Waals surface area contributed by atoms with E-state index in [2.05, 4.69) is 5.43 Å². The number of amides is 2. The van der Waals surface area contributed by atoms with E-state index in [-0.39, 0.29) is 12.5 Å². The third-order valence-electron chi connectivity index (χ3n) is 2.36. The Morgan fingerprint density at radius 2 is 2.12 bits per heavy atom. The minimum atomic E-state index is -0.426. The first-order valence-electron chi connectivity index (χ1n) is 5.39. The largest absolute Gasteiger partial charge is 0.404 e. The molecule has 1 fully saturated rings. The number of ether oxygens (including phenoxy) is 1. The third kappa shape index (κ3) is 4.83. The minimum Gasteiger partial charge on any atom is -0.404 e. The summed E-state index contributed by atoms with van der Waals surface area (Å²) in [7, 11) is 1.50. The fourth-order valence-electron chi connectivity index (χ4n) is 1.41. The van der Waals surface area contributed by atoms with Gasteiger partial charge >= 0.3 is 0 Å². The van der Waals surface area contributed by atoms with E-state index in [1.54, 1.807) is 0 Å². The molecule has 2 amide bonds. The second-order valence-corrected chi connectivity index (χ2v) is 3.68. The molecule has 0 aromatic heterocycles. The Labute approximate surface area is 100 Å². The number of hydrogen-bond acceptors (Lipinski definition) is 5. The van der Waals surface area contributed by atoms with Crippen molar-refractivity contribution in [3.05, 3.63) is 12.3 Å². The molecule has 0 saturated carbocycles. The Bertz CT molecular complexity index is 300. The topological polar surface area (TPSA) is 87.9 Å². The van der Waals surface area contributed by atoms with Crippen molar-refractivity contribution in [3.8, 4) is 0 Å². The second kappa shape index (κ2) is 6.87. The highest BCUT2D eigenvalue weighted by atomic mass is 16.5. The molecule has 3 N–H and O–H groups in total. The summed E-state index contributed by atoms with van der Waals surface area (Å²) in [4.78, 5) is 24.8. The van der Waals surface area contributed by atoms with Crippen molar-refractivity contribution in [3.63, 3.8) is 0 Å². The fraction of sp³-hybridized carbons (Fsp3) is 0.600. The standard InChI is InChI=1S/C10H18N4O3/c1-13(12-9(15)2-3-11)10(16)8-14-4-6-17-7-5-14/h2-3H,4-8,11H2,1H3,(H,12,15)/b3-2-. The van der Waals surface area contributed by atoms with Crippen LogP contribution in [-0.4, -0.2) is 61.6 Å². The third-order valence-corrected chi connectivity index (χ3v) is 2.36. The number of rotatable bonds is 3. The predicted molar refractivity (Wildman–Crippen MR) is 61.5 cm³/mol. The molecule has 0 aliphatic carbocycles. The normalized spacial score (nSPS) is 17.0. The molecule has 1 saturated heterocycles. The van der Waals surface area contributed by atoms with Gasteiger partial charge in [0.2, 0.25) is 0 Å². The Morgan fingerprint density at radius 3 is 2.71 bits per heavy atom. The van der Waals surface area contributed by atoms with Gasteiger partial charge in [-0.25, -0.2) is 0 Å². The molecule has 1 rings (SSSR count). The molecule has 0 aromatic rings. The minimum absolute atomic E-state index is 0.175. The number of hydrazine groups is 1. The van der Waals surface area contributed by atoms with Crippen LogP contribution in [0.2, 0.25) is 0 Å². The molecule has 1 heterocycles. The predicted octanol–water partition coefficient (Wildman–Crippen LogP) is -1.72. The van der Waals surface area contributed by atoms with Crippen LogP contribution in [0.5, 0.6) is 0 Å². The van der Waals surface area contributed by atoms with Gasteiger partial charge < -0.3 is 10.5 Å². The number of carbonyl (C=O) groups is 2. The van der Waals surface area contributed by atoms with Crippen molar-refractivity contribution in [1.82, 2.24) is 15.3 Å². The molecule has 0 atom stereocenters. The van der Waals surface area contributed by atoms with E-state index in [4.69, 9.17) is 10.5 Å². The van der Waals surface area contributed by atoms with E-state index >= 15 is 0 Å². The molecular formula is C10H18N4O3. The van der Waals surface area contributed by atoms with E-state index in [0.717, 1.165) is 30.4 Å². The Morgan fingerprint density at radius 1 is 1.47 bits per heavy atom. The highest BCUT2D eigenvalue weighted by molar-refractivity contribution is 5.89. The van der Waals surface area contributed by atoms with Crippen LogP contribution in [0.25, 0.3) is 0 Å². The van der Waals surface area contributed by atoms with Crippen LogP contribution in [-0.2, 0) is 14.3 Å². The molecule has 0 unspecified atom stereocenters. The lowest BCUT2D eigenvalue weighted by atomic mass is 10.4. The number of nitrogens with one attached hydrogen (secondary N) is 1. The number of hydrogen-bond donors (Lipinski definition) is 2. The van der Waals surface area contributed by atoms with E-state index in [0.29, 0.717) is 13.2 Å². The molecule has 7 heteroatoms. The maximum Gasteiger partial charge on any atom is 0.264 e. The molecular weight excluding hydrogens is 224 g/mol. The van der Waals surface area contributed by atoms with Crippen LogP contribution in [0.3, 0.4) is 0 Å². The molecule has 0 spiro atoms. The van der Waals surface area contributed by atoms with Gasteiger partial charge in [0.05, 0.1) is 19.8 Å². The molecule has 7 nitrogen and oxygen atoms in total. The summed E-state index contributed by atoms with van der Waals surface area (Å²) in [6, 6.07) is 0. The van der Waals surface area contributed by atoms with Gasteiger partial charge in [-0.15, -0.1) is 0 Å². The van der Waals surface area contributed by atoms with E-state index < -0.39 is 5.91 Å². The number of likely N-dealkylation sites (N-methyl/N-ethyl adjacent to an activating group) is 1. The van der Waals surface area contributed by atoms with Crippen molar-refractivity contribution in [2.45, 2.75) is 0 Å². The van der Waals surface area contributed by atoms with E-state index in [1.165, 1.54) is 7.05 Å². The molecule has 96 valence electrons. The Kier molecular flexibility index (Phi) is 5.44. The fourth-order valence-corrected chi connectivity index (χ4v) is 1.41. The zero-order chi connectivity index (χ0) is 12.7. The van der Waals surface area contributed by atoms with Crippen LogP contribution in [0, 0.1) is 0 Å². The van der Waals surface area contributed by atoms with Crippen molar-refractivity contribution in [1.29, 1.82) is 0 Å². The number of nitrogens with two attached hydrogens (primary N) is 1. The van der Waals surface area contributed by atoms with Crippen LogP contribution >= 0.6 is 0 Å². The molecule has 1 aliphatic rings. The van der Waals surface area contributed by atoms with Crippen LogP contribution < -0.4 is 11.2 Å². The maximum absolute atomic E-state index is 11.7. The highest BCUT2D eigenvalue weighted by Crippen LogP contribution is 1.97. The molecule has 1 aliphatic heterocycles. The number of carbonyl (C=O) groups excluding carboxylic acids is 2. The van der Waals surface area contributed by atoms with Gasteiger partial charge in [0.1, 0.15) is 0 Å². The first kappa shape index (κ1) is 13.5. The van der Waals surface area contributed by atoms with Crippen molar-refractivity contribution in [2.24, 2.45) is 5.73 Å². The van der Waals surface area contributed by atoms with Gasteiger partial charge in [-0.2, -0.15) is 0 Å². The average Bonchev–Trinajstić information content (AvgIpc) is 2.30. The first-order valence-corrected chi connectivity index (χ1v) is 5.39. The van der Waals surface area contributed by atoms with E-state index in [9.17, 15) is 9.59 Å². The smallest absolute Gasteiger partial charge is 0.264 e. The number of morpholine rings is 1. The monoisotopic (exact) mass is 242 g/mol. The second-order valence-electron chi connectivity index (χ2n) is 3.68. The molecule has 0 aromatic carbocycles.